The molecule has 1 heterocycles. The van der Waals surface area contributed by atoms with Crippen LogP contribution in [-0.2, 0) is 11.3 Å². The average Bonchev–Trinajstić information content (AvgIpc) is 2.80. The molecule has 1 atom stereocenters. The molecule has 4 nitrogen and oxygen atoms in total. The predicted octanol–water partition coefficient (Wildman–Crippen LogP) is 2.15. The fourth-order valence-corrected chi connectivity index (χ4v) is 2.98. The van der Waals surface area contributed by atoms with Crippen LogP contribution < -0.4 is 16.0 Å². The molecule has 3 N–H and O–H groups in total. The number of benzene rings is 1. The van der Waals surface area contributed by atoms with Crippen LogP contribution in [0.2, 0.25) is 5.02 Å². The lowest BCUT2D eigenvalue weighted by molar-refractivity contribution is -0.125. The number of para-hydroxylation sites is 1. The van der Waals surface area contributed by atoms with Gasteiger partial charge in [0.05, 0.1) is 16.1 Å². The maximum absolute atomic E-state index is 11.6. The second kappa shape index (κ2) is 6.02. The number of nitrogens with two attached hydrogens (primary N) is 1. The minimum absolute atomic E-state index is 0.236. The van der Waals surface area contributed by atoms with Gasteiger partial charge >= 0.3 is 0 Å². The molecule has 2 rings (SSSR count). The zero-order chi connectivity index (χ0) is 14.8. The zero-order valence-electron chi connectivity index (χ0n) is 12.1. The molecule has 0 bridgehead atoms. The summed E-state index contributed by atoms with van der Waals surface area (Å²) >= 11 is 6.38. The quantitative estimate of drug-likeness (QED) is 0.875. The second-order valence-electron chi connectivity index (χ2n) is 5.62. The first kappa shape index (κ1) is 15.1. The first-order valence-electron chi connectivity index (χ1n) is 7.01. The summed E-state index contributed by atoms with van der Waals surface area (Å²) in [7, 11) is 0. The van der Waals surface area contributed by atoms with Crippen molar-refractivity contribution in [3.63, 3.8) is 0 Å². The lowest BCUT2D eigenvalue weighted by Gasteiger charge is -2.25. The highest BCUT2D eigenvalue weighted by Gasteiger charge is 2.39. The number of carbonyl (C=O) groups excluding carboxylic acids is 1. The Bertz CT molecular complexity index is 506. The van der Waals surface area contributed by atoms with E-state index in [4.69, 9.17) is 17.3 Å². The Kier molecular flexibility index (Phi) is 4.55. The Labute approximate surface area is 125 Å². The minimum atomic E-state index is -0.464. The zero-order valence-corrected chi connectivity index (χ0v) is 12.8. The van der Waals surface area contributed by atoms with Crippen molar-refractivity contribution in [2.75, 3.05) is 24.5 Å². The van der Waals surface area contributed by atoms with Gasteiger partial charge in [-0.25, -0.2) is 0 Å². The monoisotopic (exact) mass is 295 g/mol. The summed E-state index contributed by atoms with van der Waals surface area (Å²) in [6.45, 7) is 7.12. The van der Waals surface area contributed by atoms with Gasteiger partial charge in [-0.05, 0) is 31.5 Å². The first-order valence-corrected chi connectivity index (χ1v) is 7.38. The van der Waals surface area contributed by atoms with Crippen molar-refractivity contribution < 1.29 is 4.79 Å². The van der Waals surface area contributed by atoms with Gasteiger partial charge in [0.15, 0.2) is 0 Å². The van der Waals surface area contributed by atoms with E-state index in [2.05, 4.69) is 23.2 Å². The highest BCUT2D eigenvalue weighted by molar-refractivity contribution is 6.33. The SMILES string of the molecule is CCNCc1cccc(Cl)c1N1CCC(C)(C(N)=O)C1. The first-order chi connectivity index (χ1) is 9.48. The van der Waals surface area contributed by atoms with E-state index in [9.17, 15) is 4.79 Å². The van der Waals surface area contributed by atoms with E-state index >= 15 is 0 Å². The summed E-state index contributed by atoms with van der Waals surface area (Å²) in [5, 5.41) is 4.05. The van der Waals surface area contributed by atoms with Crippen LogP contribution in [0, 0.1) is 5.41 Å². The predicted molar refractivity (Wildman–Crippen MR) is 83.0 cm³/mol. The molecule has 0 spiro atoms. The molecule has 20 heavy (non-hydrogen) atoms. The van der Waals surface area contributed by atoms with Crippen molar-refractivity contribution in [3.8, 4) is 0 Å². The van der Waals surface area contributed by atoms with Crippen LogP contribution in [0.4, 0.5) is 5.69 Å². The van der Waals surface area contributed by atoms with Crippen LogP contribution in [0.5, 0.6) is 0 Å². The summed E-state index contributed by atoms with van der Waals surface area (Å²) in [5.74, 6) is -0.236. The van der Waals surface area contributed by atoms with E-state index in [-0.39, 0.29) is 5.91 Å². The van der Waals surface area contributed by atoms with Crippen LogP contribution in [0.15, 0.2) is 18.2 Å². The maximum atomic E-state index is 11.6. The molecule has 5 heteroatoms. The molecule has 1 unspecified atom stereocenters. The third-order valence-corrected chi connectivity index (χ3v) is 4.33. The number of rotatable bonds is 5. The highest BCUT2D eigenvalue weighted by Crippen LogP contribution is 2.38. The van der Waals surface area contributed by atoms with Crippen molar-refractivity contribution in [1.82, 2.24) is 5.32 Å². The van der Waals surface area contributed by atoms with Gasteiger partial charge in [-0.15, -0.1) is 0 Å². The number of carbonyl (C=O) groups is 1. The summed E-state index contributed by atoms with van der Waals surface area (Å²) in [6.07, 6.45) is 0.772. The topological polar surface area (TPSA) is 58.4 Å². The van der Waals surface area contributed by atoms with Gasteiger partial charge < -0.3 is 16.0 Å². The Balaban J connectivity index is 2.27. The van der Waals surface area contributed by atoms with Gasteiger partial charge in [-0.1, -0.05) is 30.7 Å². The normalized spacial score (nSPS) is 22.2. The molecule has 0 aromatic heterocycles. The van der Waals surface area contributed by atoms with Gasteiger partial charge in [0.1, 0.15) is 0 Å². The lowest BCUT2D eigenvalue weighted by Crippen LogP contribution is -2.37. The number of halogens is 1. The number of amides is 1. The highest BCUT2D eigenvalue weighted by atomic mass is 35.5. The van der Waals surface area contributed by atoms with Crippen molar-refractivity contribution >= 4 is 23.2 Å². The molecule has 1 aliphatic heterocycles. The number of hydrogen-bond donors (Lipinski definition) is 2. The molecule has 1 aromatic rings. The second-order valence-corrected chi connectivity index (χ2v) is 6.03. The van der Waals surface area contributed by atoms with E-state index < -0.39 is 5.41 Å². The summed E-state index contributed by atoms with van der Waals surface area (Å²) < 4.78 is 0. The van der Waals surface area contributed by atoms with E-state index in [1.807, 2.05) is 19.1 Å². The Morgan fingerprint density at radius 3 is 2.90 bits per heavy atom. The van der Waals surface area contributed by atoms with Crippen molar-refractivity contribution in [3.05, 3.63) is 28.8 Å². The van der Waals surface area contributed by atoms with Gasteiger partial charge in [-0.2, -0.15) is 0 Å². The number of anilines is 1. The average molecular weight is 296 g/mol. The van der Waals surface area contributed by atoms with Crippen LogP contribution in [-0.4, -0.2) is 25.5 Å². The van der Waals surface area contributed by atoms with E-state index in [1.54, 1.807) is 0 Å². The van der Waals surface area contributed by atoms with Crippen LogP contribution in [0.1, 0.15) is 25.8 Å². The lowest BCUT2D eigenvalue weighted by atomic mass is 9.89. The molecule has 0 radical (unpaired) electrons. The Hall–Kier alpha value is -1.26. The van der Waals surface area contributed by atoms with Gasteiger partial charge in [0, 0.05) is 19.6 Å². The molecule has 1 aromatic carbocycles. The summed E-state index contributed by atoms with van der Waals surface area (Å²) in [5.41, 5.74) is 7.24. The van der Waals surface area contributed by atoms with E-state index in [1.165, 1.54) is 0 Å². The van der Waals surface area contributed by atoms with Crippen molar-refractivity contribution in [2.45, 2.75) is 26.8 Å². The largest absolute Gasteiger partial charge is 0.369 e. The van der Waals surface area contributed by atoms with E-state index in [0.29, 0.717) is 6.54 Å². The molecule has 1 saturated heterocycles. The molecular formula is C15H22ClN3O. The molecule has 1 amide bonds. The summed E-state index contributed by atoms with van der Waals surface area (Å²) in [4.78, 5) is 13.8. The molecular weight excluding hydrogens is 274 g/mol. The molecule has 1 aliphatic rings. The Morgan fingerprint density at radius 1 is 1.55 bits per heavy atom. The molecule has 110 valence electrons. The Morgan fingerprint density at radius 2 is 2.30 bits per heavy atom. The third-order valence-electron chi connectivity index (χ3n) is 4.02. The minimum Gasteiger partial charge on any atom is -0.369 e. The smallest absolute Gasteiger partial charge is 0.225 e. The molecule has 0 saturated carbocycles. The number of nitrogens with zero attached hydrogens (tertiary/aromatic N) is 1. The number of hydrogen-bond acceptors (Lipinski definition) is 3. The third kappa shape index (κ3) is 2.91. The van der Waals surface area contributed by atoms with Gasteiger partial charge in [0.25, 0.3) is 0 Å². The van der Waals surface area contributed by atoms with Gasteiger partial charge in [-0.3, -0.25) is 4.79 Å². The van der Waals surface area contributed by atoms with E-state index in [0.717, 1.165) is 42.3 Å². The summed E-state index contributed by atoms with van der Waals surface area (Å²) in [6, 6.07) is 5.93. The van der Waals surface area contributed by atoms with Crippen LogP contribution in [0.3, 0.4) is 0 Å². The van der Waals surface area contributed by atoms with Crippen LogP contribution in [0.25, 0.3) is 0 Å². The molecule has 0 aliphatic carbocycles. The fourth-order valence-electron chi connectivity index (χ4n) is 2.67. The van der Waals surface area contributed by atoms with Crippen molar-refractivity contribution in [1.29, 1.82) is 0 Å². The number of primary amides is 1. The fraction of sp³-hybridized carbons (Fsp3) is 0.533. The maximum Gasteiger partial charge on any atom is 0.225 e. The standard InChI is InChI=1S/C15H22ClN3O/c1-3-18-9-11-5-4-6-12(16)13(11)19-8-7-15(2,10-19)14(17)20/h4-6,18H,3,7-10H2,1-2H3,(H2,17,20). The van der Waals surface area contributed by atoms with Crippen LogP contribution >= 0.6 is 11.6 Å². The molecule has 1 fully saturated rings. The number of nitrogens with one attached hydrogen (secondary N) is 1. The van der Waals surface area contributed by atoms with Crippen molar-refractivity contribution in [2.24, 2.45) is 11.1 Å². The van der Waals surface area contributed by atoms with Gasteiger partial charge in [0.2, 0.25) is 5.91 Å².